The number of ether oxygens (including phenoxy) is 1. The van der Waals surface area contributed by atoms with Gasteiger partial charge in [0.15, 0.2) is 0 Å². The van der Waals surface area contributed by atoms with E-state index in [0.29, 0.717) is 0 Å². The maximum Gasteiger partial charge on any atom is 0.317 e. The summed E-state index contributed by atoms with van der Waals surface area (Å²) in [7, 11) is 1.35. The molecule has 0 aliphatic rings. The monoisotopic (exact) mass is 240 g/mol. The number of methoxy groups -OCH3 is 1. The summed E-state index contributed by atoms with van der Waals surface area (Å²) >= 11 is 0. The predicted octanol–water partition coefficient (Wildman–Crippen LogP) is 1.79. The van der Waals surface area contributed by atoms with Crippen LogP contribution in [0.25, 0.3) is 5.69 Å². The molecule has 0 saturated heterocycles. The van der Waals surface area contributed by atoms with E-state index in [1.807, 2.05) is 36.5 Å². The van der Waals surface area contributed by atoms with Crippen LogP contribution in [-0.2, 0) is 9.53 Å². The summed E-state index contributed by atoms with van der Waals surface area (Å²) < 4.78 is 6.27. The Hall–Kier alpha value is -2.54. The van der Waals surface area contributed by atoms with Crippen LogP contribution >= 0.6 is 0 Å². The summed E-state index contributed by atoms with van der Waals surface area (Å²) in [6, 6.07) is 9.50. The largest absolute Gasteiger partial charge is 0.468 e. The van der Waals surface area contributed by atoms with Crippen LogP contribution in [0, 0.1) is 11.8 Å². The number of rotatable bonds is 2. The Kier molecular flexibility index (Phi) is 3.77. The normalized spacial score (nSPS) is 9.39. The summed E-state index contributed by atoms with van der Waals surface area (Å²) in [5.41, 5.74) is 1.83. The summed E-state index contributed by atoms with van der Waals surface area (Å²) in [5, 5.41) is 4.13. The lowest BCUT2D eigenvalue weighted by molar-refractivity contribution is -0.139. The molecule has 1 aromatic heterocycles. The van der Waals surface area contributed by atoms with Gasteiger partial charge in [-0.2, -0.15) is 5.10 Å². The van der Waals surface area contributed by atoms with E-state index in [2.05, 4.69) is 21.7 Å². The van der Waals surface area contributed by atoms with Gasteiger partial charge in [-0.25, -0.2) is 4.68 Å². The molecule has 1 heterocycles. The van der Waals surface area contributed by atoms with E-state index in [-0.39, 0.29) is 12.4 Å². The van der Waals surface area contributed by atoms with Gasteiger partial charge in [-0.05, 0) is 30.3 Å². The molecule has 2 rings (SSSR count). The number of nitrogens with zero attached hydrogens (tertiary/aromatic N) is 2. The van der Waals surface area contributed by atoms with Gasteiger partial charge >= 0.3 is 5.97 Å². The van der Waals surface area contributed by atoms with Crippen molar-refractivity contribution in [1.29, 1.82) is 0 Å². The standard InChI is InChI=1S/C14H12N2O2/c1-18-14(17)5-2-4-12-6-8-13(9-7-12)16-11-3-10-15-16/h3,6-11H,5H2,1H3. The van der Waals surface area contributed by atoms with Gasteiger partial charge in [0, 0.05) is 18.0 Å². The van der Waals surface area contributed by atoms with Crippen molar-refractivity contribution in [3.63, 3.8) is 0 Å². The van der Waals surface area contributed by atoms with Crippen molar-refractivity contribution in [1.82, 2.24) is 9.78 Å². The average Bonchev–Trinajstić information content (AvgIpc) is 2.93. The Morgan fingerprint density at radius 1 is 1.39 bits per heavy atom. The van der Waals surface area contributed by atoms with Gasteiger partial charge in [0.2, 0.25) is 0 Å². The fourth-order valence-electron chi connectivity index (χ4n) is 1.41. The molecule has 0 fully saturated rings. The summed E-state index contributed by atoms with van der Waals surface area (Å²) in [4.78, 5) is 10.9. The Morgan fingerprint density at radius 3 is 2.78 bits per heavy atom. The number of aromatic nitrogens is 2. The molecular formula is C14H12N2O2. The molecule has 18 heavy (non-hydrogen) atoms. The summed E-state index contributed by atoms with van der Waals surface area (Å²) in [6.45, 7) is 0. The van der Waals surface area contributed by atoms with Gasteiger partial charge in [-0.1, -0.05) is 11.8 Å². The average molecular weight is 240 g/mol. The first-order valence-electron chi connectivity index (χ1n) is 5.45. The van der Waals surface area contributed by atoms with Gasteiger partial charge in [0.1, 0.15) is 6.42 Å². The van der Waals surface area contributed by atoms with Gasteiger partial charge in [-0.3, -0.25) is 4.79 Å². The molecule has 4 heteroatoms. The molecule has 0 unspecified atom stereocenters. The van der Waals surface area contributed by atoms with Crippen molar-refractivity contribution in [3.8, 4) is 17.5 Å². The predicted molar refractivity (Wildman–Crippen MR) is 67.1 cm³/mol. The lowest BCUT2D eigenvalue weighted by Gasteiger charge is -2.00. The van der Waals surface area contributed by atoms with Gasteiger partial charge in [-0.15, -0.1) is 0 Å². The molecule has 0 aliphatic heterocycles. The first-order chi connectivity index (χ1) is 8.79. The second-order valence-electron chi connectivity index (χ2n) is 3.55. The lowest BCUT2D eigenvalue weighted by atomic mass is 10.2. The minimum Gasteiger partial charge on any atom is -0.468 e. The van der Waals surface area contributed by atoms with Crippen LogP contribution in [0.15, 0.2) is 42.7 Å². The molecule has 0 spiro atoms. The van der Waals surface area contributed by atoms with Crippen molar-refractivity contribution < 1.29 is 9.53 Å². The first kappa shape index (κ1) is 11.9. The first-order valence-corrected chi connectivity index (χ1v) is 5.45. The topological polar surface area (TPSA) is 44.1 Å². The fraction of sp³-hybridized carbons (Fsp3) is 0.143. The van der Waals surface area contributed by atoms with Crippen LogP contribution in [0.5, 0.6) is 0 Å². The third-order valence-electron chi connectivity index (χ3n) is 2.33. The highest BCUT2D eigenvalue weighted by Gasteiger charge is 1.96. The minimum absolute atomic E-state index is 0.109. The third-order valence-corrected chi connectivity index (χ3v) is 2.33. The molecule has 0 N–H and O–H groups in total. The molecule has 0 radical (unpaired) electrons. The van der Waals surface area contributed by atoms with E-state index in [9.17, 15) is 4.79 Å². The van der Waals surface area contributed by atoms with Crippen LogP contribution in [0.1, 0.15) is 12.0 Å². The zero-order valence-electron chi connectivity index (χ0n) is 9.96. The van der Waals surface area contributed by atoms with Gasteiger partial charge < -0.3 is 4.74 Å². The third kappa shape index (κ3) is 2.98. The quantitative estimate of drug-likeness (QED) is 0.593. The molecule has 4 nitrogen and oxygen atoms in total. The highest BCUT2D eigenvalue weighted by molar-refractivity contribution is 5.72. The molecule has 90 valence electrons. The van der Waals surface area contributed by atoms with Crippen molar-refractivity contribution in [3.05, 3.63) is 48.3 Å². The minimum atomic E-state index is -0.323. The molecule has 0 bridgehead atoms. The van der Waals surface area contributed by atoms with Gasteiger partial charge in [0.05, 0.1) is 12.8 Å². The molecule has 0 atom stereocenters. The second kappa shape index (κ2) is 5.69. The van der Waals surface area contributed by atoms with Crippen LogP contribution in [0.3, 0.4) is 0 Å². The molecule has 0 saturated carbocycles. The molecule has 0 amide bonds. The maximum absolute atomic E-state index is 10.9. The van der Waals surface area contributed by atoms with E-state index < -0.39 is 0 Å². The Labute approximate surface area is 105 Å². The van der Waals surface area contributed by atoms with E-state index in [4.69, 9.17) is 0 Å². The number of carbonyl (C=O) groups is 1. The number of esters is 1. The van der Waals surface area contributed by atoms with Crippen LogP contribution in [-0.4, -0.2) is 22.9 Å². The zero-order valence-corrected chi connectivity index (χ0v) is 9.96. The molecule has 2 aromatic rings. The Bertz CT molecular complexity index is 575. The highest BCUT2D eigenvalue weighted by atomic mass is 16.5. The maximum atomic E-state index is 10.9. The van der Waals surface area contributed by atoms with Crippen molar-refractivity contribution >= 4 is 5.97 Å². The second-order valence-corrected chi connectivity index (χ2v) is 3.55. The molecule has 0 aliphatic carbocycles. The van der Waals surface area contributed by atoms with Crippen LogP contribution < -0.4 is 0 Å². The van der Waals surface area contributed by atoms with Crippen molar-refractivity contribution in [2.75, 3.05) is 7.11 Å². The van der Waals surface area contributed by atoms with Crippen LogP contribution in [0.4, 0.5) is 0 Å². The molecule has 1 aromatic carbocycles. The number of hydrogen-bond donors (Lipinski definition) is 0. The summed E-state index contributed by atoms with van der Waals surface area (Å²) in [5.74, 6) is 5.34. The van der Waals surface area contributed by atoms with Crippen molar-refractivity contribution in [2.45, 2.75) is 6.42 Å². The number of benzene rings is 1. The van der Waals surface area contributed by atoms with Gasteiger partial charge in [0.25, 0.3) is 0 Å². The highest BCUT2D eigenvalue weighted by Crippen LogP contribution is 2.07. The number of carbonyl (C=O) groups excluding carboxylic acids is 1. The Balaban J connectivity index is 2.06. The van der Waals surface area contributed by atoms with Crippen molar-refractivity contribution in [2.24, 2.45) is 0 Å². The fourth-order valence-corrected chi connectivity index (χ4v) is 1.41. The molecular weight excluding hydrogens is 228 g/mol. The zero-order chi connectivity index (χ0) is 12.8. The SMILES string of the molecule is COC(=O)CC#Cc1ccc(-n2cccn2)cc1. The Morgan fingerprint density at radius 2 is 2.17 bits per heavy atom. The smallest absolute Gasteiger partial charge is 0.317 e. The van der Waals surface area contributed by atoms with Crippen LogP contribution in [0.2, 0.25) is 0 Å². The van der Waals surface area contributed by atoms with E-state index in [1.165, 1.54) is 7.11 Å². The van der Waals surface area contributed by atoms with E-state index in [1.54, 1.807) is 10.9 Å². The summed E-state index contributed by atoms with van der Waals surface area (Å²) in [6.07, 6.45) is 3.71. The van der Waals surface area contributed by atoms with E-state index in [0.717, 1.165) is 11.3 Å². The lowest BCUT2D eigenvalue weighted by Crippen LogP contribution is -1.97. The van der Waals surface area contributed by atoms with E-state index >= 15 is 0 Å². The number of hydrogen-bond acceptors (Lipinski definition) is 3.